The van der Waals surface area contributed by atoms with Crippen LogP contribution in [0.4, 0.5) is 0 Å². The summed E-state index contributed by atoms with van der Waals surface area (Å²) in [4.78, 5) is 29.6. The topological polar surface area (TPSA) is 52.0 Å². The third-order valence-corrected chi connectivity index (χ3v) is 5.11. The van der Waals surface area contributed by atoms with Crippen molar-refractivity contribution in [2.45, 2.75) is 32.3 Å². The first kappa shape index (κ1) is 17.4. The molecule has 3 rings (SSSR count). The van der Waals surface area contributed by atoms with Crippen LogP contribution >= 0.6 is 11.8 Å². The van der Waals surface area contributed by atoms with E-state index in [0.29, 0.717) is 28.2 Å². The van der Waals surface area contributed by atoms with E-state index in [9.17, 15) is 9.59 Å². The molecule has 0 atom stereocenters. The number of hydrogen-bond acceptors (Lipinski definition) is 4. The van der Waals surface area contributed by atoms with E-state index < -0.39 is 0 Å². The number of rotatable bonds is 5. The lowest BCUT2D eigenvalue weighted by Gasteiger charge is -2.15. The number of benzene rings is 2. The van der Waals surface area contributed by atoms with Crippen molar-refractivity contribution in [3.63, 3.8) is 0 Å². The van der Waals surface area contributed by atoms with E-state index in [2.05, 4.69) is 4.98 Å². The van der Waals surface area contributed by atoms with Crippen LogP contribution < -0.4 is 5.56 Å². The average Bonchev–Trinajstić information content (AvgIpc) is 2.62. The Morgan fingerprint density at radius 1 is 1.16 bits per heavy atom. The lowest BCUT2D eigenvalue weighted by Crippen LogP contribution is -2.23. The van der Waals surface area contributed by atoms with Gasteiger partial charge in [-0.2, -0.15) is 0 Å². The van der Waals surface area contributed by atoms with Crippen molar-refractivity contribution in [2.24, 2.45) is 0 Å². The van der Waals surface area contributed by atoms with Gasteiger partial charge in [-0.25, -0.2) is 4.98 Å². The fourth-order valence-corrected chi connectivity index (χ4v) is 3.60. The Kier molecular flexibility index (Phi) is 5.04. The number of fused-ring (bicyclic) bond motifs is 1. The second kappa shape index (κ2) is 7.23. The van der Waals surface area contributed by atoms with E-state index in [4.69, 9.17) is 0 Å². The molecule has 0 saturated carbocycles. The van der Waals surface area contributed by atoms with Crippen LogP contribution in [0.25, 0.3) is 16.6 Å². The molecule has 0 aliphatic rings. The first-order valence-electron chi connectivity index (χ1n) is 8.25. The average molecular weight is 352 g/mol. The number of thioether (sulfide) groups is 1. The number of carbonyl (C=O) groups excluding carboxylic acids is 1. The van der Waals surface area contributed by atoms with Crippen LogP contribution in [0.5, 0.6) is 0 Å². The minimum Gasteiger partial charge on any atom is -0.299 e. The van der Waals surface area contributed by atoms with Crippen molar-refractivity contribution in [2.75, 3.05) is 5.75 Å². The summed E-state index contributed by atoms with van der Waals surface area (Å²) >= 11 is 1.32. The standard InChI is InChI=1S/C20H20N2O2S/c1-4-15(23)12-25-20-21-17-8-6-5-7-16(17)19(24)22(20)18-11-13(2)9-10-14(18)3/h5-11H,4,12H2,1-3H3. The van der Waals surface area contributed by atoms with Gasteiger partial charge >= 0.3 is 0 Å². The highest BCUT2D eigenvalue weighted by molar-refractivity contribution is 7.99. The van der Waals surface area contributed by atoms with Crippen molar-refractivity contribution in [1.82, 2.24) is 9.55 Å². The van der Waals surface area contributed by atoms with Gasteiger partial charge in [0.05, 0.1) is 22.3 Å². The highest BCUT2D eigenvalue weighted by Crippen LogP contribution is 2.24. The minimum absolute atomic E-state index is 0.106. The fourth-order valence-electron chi connectivity index (χ4n) is 2.63. The SMILES string of the molecule is CCC(=O)CSc1nc2ccccc2c(=O)n1-c1cc(C)ccc1C. The molecule has 0 unspecified atom stereocenters. The van der Waals surface area contributed by atoms with E-state index in [1.165, 1.54) is 11.8 Å². The molecule has 128 valence electrons. The monoisotopic (exact) mass is 352 g/mol. The number of aromatic nitrogens is 2. The second-order valence-electron chi connectivity index (χ2n) is 6.02. The summed E-state index contributed by atoms with van der Waals surface area (Å²) in [5.41, 5.74) is 3.43. The van der Waals surface area contributed by atoms with Crippen molar-refractivity contribution >= 4 is 28.4 Å². The first-order chi connectivity index (χ1) is 12.0. The predicted molar refractivity (Wildman–Crippen MR) is 103 cm³/mol. The summed E-state index contributed by atoms with van der Waals surface area (Å²) < 4.78 is 1.64. The van der Waals surface area contributed by atoms with Crippen LogP contribution in [-0.2, 0) is 4.79 Å². The molecule has 1 aromatic heterocycles. The molecule has 0 N–H and O–H groups in total. The van der Waals surface area contributed by atoms with E-state index in [1.54, 1.807) is 10.6 Å². The minimum atomic E-state index is -0.106. The smallest absolute Gasteiger partial charge is 0.266 e. The van der Waals surface area contributed by atoms with Crippen molar-refractivity contribution in [1.29, 1.82) is 0 Å². The van der Waals surface area contributed by atoms with Crippen molar-refractivity contribution in [3.8, 4) is 5.69 Å². The largest absolute Gasteiger partial charge is 0.299 e. The second-order valence-corrected chi connectivity index (χ2v) is 6.97. The maximum atomic E-state index is 13.2. The molecule has 0 spiro atoms. The normalized spacial score (nSPS) is 11.0. The van der Waals surface area contributed by atoms with Gasteiger partial charge < -0.3 is 0 Å². The lowest BCUT2D eigenvalue weighted by atomic mass is 10.1. The maximum absolute atomic E-state index is 13.2. The molecular formula is C20H20N2O2S. The highest BCUT2D eigenvalue weighted by Gasteiger charge is 2.15. The summed E-state index contributed by atoms with van der Waals surface area (Å²) in [6, 6.07) is 13.3. The number of Topliss-reactive ketones (excluding diaryl/α,β-unsaturated/α-hetero) is 1. The van der Waals surface area contributed by atoms with Gasteiger partial charge in [0.2, 0.25) is 0 Å². The van der Waals surface area contributed by atoms with Gasteiger partial charge in [-0.1, -0.05) is 43.0 Å². The zero-order valence-electron chi connectivity index (χ0n) is 14.6. The van der Waals surface area contributed by atoms with Gasteiger partial charge in [-0.3, -0.25) is 14.2 Å². The van der Waals surface area contributed by atoms with E-state index in [1.807, 2.05) is 57.2 Å². The molecule has 4 nitrogen and oxygen atoms in total. The number of carbonyl (C=O) groups is 1. The van der Waals surface area contributed by atoms with E-state index in [0.717, 1.165) is 16.8 Å². The fraction of sp³-hybridized carbons (Fsp3) is 0.250. The Balaban J connectivity index is 2.26. The molecule has 5 heteroatoms. The molecule has 25 heavy (non-hydrogen) atoms. The van der Waals surface area contributed by atoms with Crippen LogP contribution in [0.3, 0.4) is 0 Å². The number of hydrogen-bond donors (Lipinski definition) is 0. The molecule has 3 aromatic rings. The summed E-state index contributed by atoms with van der Waals surface area (Å²) in [6.07, 6.45) is 0.480. The van der Waals surface area contributed by atoms with Gasteiger partial charge in [-0.15, -0.1) is 0 Å². The first-order valence-corrected chi connectivity index (χ1v) is 9.23. The number of aryl methyl sites for hydroxylation is 2. The van der Waals surface area contributed by atoms with E-state index >= 15 is 0 Å². The molecule has 1 heterocycles. The van der Waals surface area contributed by atoms with Crippen LogP contribution in [0.15, 0.2) is 52.4 Å². The van der Waals surface area contributed by atoms with Crippen LogP contribution in [0.1, 0.15) is 24.5 Å². The Bertz CT molecular complexity index is 1010. The summed E-state index contributed by atoms with van der Waals surface area (Å²) in [5, 5.41) is 1.13. The number of ketones is 1. The van der Waals surface area contributed by atoms with E-state index in [-0.39, 0.29) is 11.3 Å². The molecule has 0 radical (unpaired) electrons. The molecule has 0 bridgehead atoms. The number of para-hydroxylation sites is 1. The molecular weight excluding hydrogens is 332 g/mol. The highest BCUT2D eigenvalue weighted by atomic mass is 32.2. The Hall–Kier alpha value is -2.40. The van der Waals surface area contributed by atoms with Gasteiger partial charge in [0.15, 0.2) is 5.16 Å². The van der Waals surface area contributed by atoms with Gasteiger partial charge in [0, 0.05) is 6.42 Å². The molecule has 0 aliphatic carbocycles. The lowest BCUT2D eigenvalue weighted by molar-refractivity contribution is -0.116. The van der Waals surface area contributed by atoms with Gasteiger partial charge in [0.1, 0.15) is 5.78 Å². The summed E-state index contributed by atoms with van der Waals surface area (Å²) in [6.45, 7) is 5.81. The van der Waals surface area contributed by atoms with Gasteiger partial charge in [0.25, 0.3) is 5.56 Å². The molecule has 0 aliphatic heterocycles. The molecule has 0 saturated heterocycles. The zero-order valence-corrected chi connectivity index (χ0v) is 15.4. The third-order valence-electron chi connectivity index (χ3n) is 4.11. The molecule has 0 amide bonds. The third kappa shape index (κ3) is 3.51. The van der Waals surface area contributed by atoms with Crippen LogP contribution in [-0.4, -0.2) is 21.1 Å². The predicted octanol–water partition coefficient (Wildman–Crippen LogP) is 4.07. The van der Waals surface area contributed by atoms with Crippen LogP contribution in [0, 0.1) is 13.8 Å². The zero-order chi connectivity index (χ0) is 18.0. The summed E-state index contributed by atoms with van der Waals surface area (Å²) in [5.74, 6) is 0.450. The Labute approximate surface area is 150 Å². The van der Waals surface area contributed by atoms with Gasteiger partial charge in [-0.05, 0) is 43.2 Å². The Morgan fingerprint density at radius 2 is 1.92 bits per heavy atom. The molecule has 0 fully saturated rings. The van der Waals surface area contributed by atoms with Crippen LogP contribution in [0.2, 0.25) is 0 Å². The Morgan fingerprint density at radius 3 is 2.68 bits per heavy atom. The maximum Gasteiger partial charge on any atom is 0.266 e. The summed E-state index contributed by atoms with van der Waals surface area (Å²) in [7, 11) is 0. The number of nitrogens with zero attached hydrogens (tertiary/aromatic N) is 2. The molecule has 2 aromatic carbocycles. The van der Waals surface area contributed by atoms with Crippen molar-refractivity contribution < 1.29 is 4.79 Å². The van der Waals surface area contributed by atoms with Crippen molar-refractivity contribution in [3.05, 3.63) is 63.9 Å². The quantitative estimate of drug-likeness (QED) is 0.513.